The zero-order valence-electron chi connectivity index (χ0n) is 13.0. The molecule has 2 saturated heterocycles. The number of aliphatic hydroxyl groups excluding tert-OH is 1. The largest absolute Gasteiger partial charge is 0.395 e. The van der Waals surface area contributed by atoms with Gasteiger partial charge in [0.15, 0.2) is 0 Å². The number of amides is 3. The van der Waals surface area contributed by atoms with E-state index in [0.717, 1.165) is 32.4 Å². The normalized spacial score (nSPS) is 27.5. The lowest BCUT2D eigenvalue weighted by atomic mass is 9.74. The second kappa shape index (κ2) is 6.75. The molecule has 2 fully saturated rings. The molecule has 6 nitrogen and oxygen atoms in total. The highest BCUT2D eigenvalue weighted by molar-refractivity contribution is 6.07. The smallest absolute Gasteiger partial charge is 0.325 e. The van der Waals surface area contributed by atoms with Gasteiger partial charge >= 0.3 is 6.03 Å². The van der Waals surface area contributed by atoms with Gasteiger partial charge in [-0.1, -0.05) is 13.8 Å². The maximum Gasteiger partial charge on any atom is 0.325 e. The number of imide groups is 1. The summed E-state index contributed by atoms with van der Waals surface area (Å²) in [5.41, 5.74) is -0.765. The summed E-state index contributed by atoms with van der Waals surface area (Å²) in [6.07, 6.45) is 3.39. The highest BCUT2D eigenvalue weighted by Crippen LogP contribution is 2.36. The lowest BCUT2D eigenvalue weighted by Gasteiger charge is -2.38. The van der Waals surface area contributed by atoms with Gasteiger partial charge < -0.3 is 15.7 Å². The number of rotatable bonds is 6. The van der Waals surface area contributed by atoms with Gasteiger partial charge in [0.2, 0.25) is 0 Å². The molecule has 2 aliphatic rings. The van der Waals surface area contributed by atoms with Crippen LogP contribution in [-0.4, -0.2) is 53.7 Å². The van der Waals surface area contributed by atoms with Crippen LogP contribution in [0.25, 0.3) is 0 Å². The summed E-state index contributed by atoms with van der Waals surface area (Å²) in [5, 5.41) is 15.4. The molecule has 0 unspecified atom stereocenters. The highest BCUT2D eigenvalue weighted by atomic mass is 16.3. The van der Waals surface area contributed by atoms with Crippen molar-refractivity contribution in [3.63, 3.8) is 0 Å². The van der Waals surface area contributed by atoms with E-state index in [-0.39, 0.29) is 31.0 Å². The van der Waals surface area contributed by atoms with Gasteiger partial charge in [-0.25, -0.2) is 4.79 Å². The number of aliphatic hydroxyl groups is 1. The summed E-state index contributed by atoms with van der Waals surface area (Å²) in [7, 11) is 0. The van der Waals surface area contributed by atoms with E-state index in [4.69, 9.17) is 5.11 Å². The first-order chi connectivity index (χ1) is 10.0. The van der Waals surface area contributed by atoms with Gasteiger partial charge in [-0.05, 0) is 50.6 Å². The lowest BCUT2D eigenvalue weighted by molar-refractivity contribution is -0.134. The van der Waals surface area contributed by atoms with Crippen molar-refractivity contribution in [3.8, 4) is 0 Å². The Labute approximate surface area is 126 Å². The van der Waals surface area contributed by atoms with Crippen molar-refractivity contribution in [2.75, 3.05) is 26.2 Å². The Balaban J connectivity index is 2.23. The number of nitrogens with zero attached hydrogens (tertiary/aromatic N) is 1. The Morgan fingerprint density at radius 3 is 2.57 bits per heavy atom. The standard InChI is InChI=1S/C15H27N3O3/c1-11(2)3-6-15(12-4-7-16-8-5-12)13(20)18(9-10-19)14(21)17-15/h11-12,16,19H,3-10H2,1-2H3,(H,17,21)/t15-/m0/s1. The number of hydrogen-bond donors (Lipinski definition) is 3. The van der Waals surface area contributed by atoms with E-state index >= 15 is 0 Å². The fourth-order valence-electron chi connectivity index (χ4n) is 3.43. The van der Waals surface area contributed by atoms with Crippen molar-refractivity contribution in [2.45, 2.75) is 45.1 Å². The fraction of sp³-hybridized carbons (Fsp3) is 0.867. The Morgan fingerprint density at radius 2 is 2.00 bits per heavy atom. The summed E-state index contributed by atoms with van der Waals surface area (Å²) in [6, 6.07) is -0.351. The lowest BCUT2D eigenvalue weighted by Crippen LogP contribution is -2.56. The molecule has 120 valence electrons. The molecule has 2 rings (SSSR count). The van der Waals surface area contributed by atoms with Crippen molar-refractivity contribution < 1.29 is 14.7 Å². The SMILES string of the molecule is CC(C)CC[C@@]1(C2CCNCC2)NC(=O)N(CCO)C1=O. The number of carbonyl (C=O) groups excluding carboxylic acids is 2. The molecular weight excluding hydrogens is 270 g/mol. The average Bonchev–Trinajstić information content (AvgIpc) is 2.72. The maximum atomic E-state index is 12.9. The second-order valence-corrected chi connectivity index (χ2v) is 6.54. The first-order valence-electron chi connectivity index (χ1n) is 7.97. The highest BCUT2D eigenvalue weighted by Gasteiger charge is 2.54. The predicted octanol–water partition coefficient (Wildman–Crippen LogP) is 0.705. The molecule has 6 heteroatoms. The van der Waals surface area contributed by atoms with Crippen LogP contribution >= 0.6 is 0 Å². The van der Waals surface area contributed by atoms with Gasteiger partial charge in [-0.2, -0.15) is 0 Å². The molecule has 21 heavy (non-hydrogen) atoms. The molecule has 1 atom stereocenters. The Kier molecular flexibility index (Phi) is 5.22. The fourth-order valence-corrected chi connectivity index (χ4v) is 3.43. The third kappa shape index (κ3) is 3.21. The monoisotopic (exact) mass is 297 g/mol. The van der Waals surface area contributed by atoms with Gasteiger partial charge in [-0.3, -0.25) is 9.69 Å². The molecular formula is C15H27N3O3. The maximum absolute atomic E-state index is 12.9. The van der Waals surface area contributed by atoms with Crippen LogP contribution in [0.5, 0.6) is 0 Å². The minimum absolute atomic E-state index is 0.0824. The number of hydrogen-bond acceptors (Lipinski definition) is 4. The minimum Gasteiger partial charge on any atom is -0.395 e. The minimum atomic E-state index is -0.765. The Morgan fingerprint density at radius 1 is 1.33 bits per heavy atom. The van der Waals surface area contributed by atoms with E-state index in [9.17, 15) is 9.59 Å². The molecule has 2 aliphatic heterocycles. The average molecular weight is 297 g/mol. The van der Waals surface area contributed by atoms with Crippen LogP contribution in [0.1, 0.15) is 39.5 Å². The van der Waals surface area contributed by atoms with E-state index < -0.39 is 5.54 Å². The summed E-state index contributed by atoms with van der Waals surface area (Å²) in [5.74, 6) is 0.520. The van der Waals surface area contributed by atoms with Crippen LogP contribution < -0.4 is 10.6 Å². The number of β-amino-alcohol motifs (C(OH)–C–C–N with tert-alkyl or cyclic N) is 1. The van der Waals surface area contributed by atoms with Gasteiger partial charge in [-0.15, -0.1) is 0 Å². The third-order valence-electron chi connectivity index (χ3n) is 4.68. The first-order valence-corrected chi connectivity index (χ1v) is 7.97. The van der Waals surface area contributed by atoms with Crippen molar-refractivity contribution in [1.82, 2.24) is 15.5 Å². The summed E-state index contributed by atoms with van der Waals surface area (Å²) < 4.78 is 0. The van der Waals surface area contributed by atoms with Crippen molar-refractivity contribution in [1.29, 1.82) is 0 Å². The van der Waals surface area contributed by atoms with E-state index in [1.165, 1.54) is 4.90 Å². The molecule has 0 aromatic rings. The molecule has 3 N–H and O–H groups in total. The number of urea groups is 1. The summed E-state index contributed by atoms with van der Waals surface area (Å²) in [4.78, 5) is 26.2. The molecule has 0 aromatic carbocycles. The van der Waals surface area contributed by atoms with E-state index in [2.05, 4.69) is 24.5 Å². The van der Waals surface area contributed by atoms with E-state index in [1.54, 1.807) is 0 Å². The Hall–Kier alpha value is -1.14. The molecule has 0 radical (unpaired) electrons. The van der Waals surface area contributed by atoms with Crippen LogP contribution in [0.2, 0.25) is 0 Å². The molecule has 3 amide bonds. The molecule has 0 aliphatic carbocycles. The second-order valence-electron chi connectivity index (χ2n) is 6.54. The van der Waals surface area contributed by atoms with Crippen molar-refractivity contribution in [2.24, 2.45) is 11.8 Å². The van der Waals surface area contributed by atoms with Crippen LogP contribution in [0.4, 0.5) is 4.79 Å². The molecule has 2 heterocycles. The molecule has 0 aromatic heterocycles. The topological polar surface area (TPSA) is 81.7 Å². The Bertz CT molecular complexity index is 394. The predicted molar refractivity (Wildman–Crippen MR) is 79.7 cm³/mol. The van der Waals surface area contributed by atoms with Crippen LogP contribution in [0, 0.1) is 11.8 Å². The molecule has 0 spiro atoms. The number of nitrogens with one attached hydrogen (secondary N) is 2. The number of piperidine rings is 1. The van der Waals surface area contributed by atoms with E-state index in [1.807, 2.05) is 0 Å². The van der Waals surface area contributed by atoms with Gasteiger partial charge in [0.1, 0.15) is 5.54 Å². The quantitative estimate of drug-likeness (QED) is 0.631. The number of carbonyl (C=O) groups is 2. The van der Waals surface area contributed by atoms with Gasteiger partial charge in [0.05, 0.1) is 13.2 Å². The van der Waals surface area contributed by atoms with Crippen LogP contribution in [0.15, 0.2) is 0 Å². The molecule has 0 saturated carbocycles. The van der Waals surface area contributed by atoms with Crippen LogP contribution in [-0.2, 0) is 4.79 Å². The van der Waals surface area contributed by atoms with Crippen molar-refractivity contribution >= 4 is 11.9 Å². The zero-order valence-corrected chi connectivity index (χ0v) is 13.0. The van der Waals surface area contributed by atoms with Crippen LogP contribution in [0.3, 0.4) is 0 Å². The summed E-state index contributed by atoms with van der Waals surface area (Å²) >= 11 is 0. The zero-order chi connectivity index (χ0) is 15.5. The van der Waals surface area contributed by atoms with Crippen molar-refractivity contribution in [3.05, 3.63) is 0 Å². The first kappa shape index (κ1) is 16.2. The van der Waals surface area contributed by atoms with Gasteiger partial charge in [0, 0.05) is 0 Å². The molecule has 0 bridgehead atoms. The van der Waals surface area contributed by atoms with E-state index in [0.29, 0.717) is 12.3 Å². The summed E-state index contributed by atoms with van der Waals surface area (Å²) in [6.45, 7) is 5.92. The third-order valence-corrected chi connectivity index (χ3v) is 4.68. The van der Waals surface area contributed by atoms with Gasteiger partial charge in [0.25, 0.3) is 5.91 Å².